The lowest BCUT2D eigenvalue weighted by Gasteiger charge is -2.31. The van der Waals surface area contributed by atoms with Gasteiger partial charge in [0.25, 0.3) is 5.91 Å². The van der Waals surface area contributed by atoms with Crippen molar-refractivity contribution in [2.24, 2.45) is 0 Å². The van der Waals surface area contributed by atoms with Gasteiger partial charge in [-0.15, -0.1) is 0 Å². The van der Waals surface area contributed by atoms with Crippen molar-refractivity contribution >= 4 is 5.91 Å². The lowest BCUT2D eigenvalue weighted by Crippen LogP contribution is -2.38. The Morgan fingerprint density at radius 2 is 1.68 bits per heavy atom. The quantitative estimate of drug-likeness (QED) is 0.674. The van der Waals surface area contributed by atoms with Gasteiger partial charge >= 0.3 is 0 Å². The van der Waals surface area contributed by atoms with E-state index in [4.69, 9.17) is 0 Å². The molecule has 4 nitrogen and oxygen atoms in total. The molecule has 2 heterocycles. The molecule has 0 unspecified atom stereocenters. The van der Waals surface area contributed by atoms with Crippen molar-refractivity contribution in [3.8, 4) is 5.69 Å². The van der Waals surface area contributed by atoms with Crippen LogP contribution in [0.2, 0.25) is 0 Å². The highest BCUT2D eigenvalue weighted by atomic mass is 19.1. The molecule has 1 saturated heterocycles. The molecule has 0 atom stereocenters. The molecule has 0 aliphatic carbocycles. The van der Waals surface area contributed by atoms with Gasteiger partial charge in [0.1, 0.15) is 17.5 Å². The minimum atomic E-state index is -0.761. The van der Waals surface area contributed by atoms with Crippen molar-refractivity contribution in [2.45, 2.75) is 18.8 Å². The Balaban J connectivity index is 1.42. The highest BCUT2D eigenvalue weighted by Gasteiger charge is 2.26. The average Bonchev–Trinajstić information content (AvgIpc) is 3.17. The molecule has 1 amide bonds. The molecule has 0 bridgehead atoms. The lowest BCUT2D eigenvalue weighted by molar-refractivity contribution is 0.0712. The van der Waals surface area contributed by atoms with Crippen LogP contribution in [0.15, 0.2) is 54.9 Å². The fourth-order valence-corrected chi connectivity index (χ4v) is 3.58. The van der Waals surface area contributed by atoms with Crippen LogP contribution in [0, 0.1) is 17.5 Å². The molecule has 1 aliphatic heterocycles. The van der Waals surface area contributed by atoms with E-state index in [0.29, 0.717) is 18.8 Å². The zero-order valence-electron chi connectivity index (χ0n) is 15.0. The monoisotopic (exact) mass is 385 g/mol. The van der Waals surface area contributed by atoms with Crippen LogP contribution in [0.25, 0.3) is 5.69 Å². The molecular weight excluding hydrogens is 367 g/mol. The number of nitrogens with zero attached hydrogens (tertiary/aromatic N) is 3. The van der Waals surface area contributed by atoms with Crippen LogP contribution in [0.4, 0.5) is 13.2 Å². The van der Waals surface area contributed by atoms with Gasteiger partial charge in [0.15, 0.2) is 0 Å². The van der Waals surface area contributed by atoms with E-state index in [9.17, 15) is 18.0 Å². The van der Waals surface area contributed by atoms with E-state index in [-0.39, 0.29) is 23.2 Å². The maximum absolute atomic E-state index is 13.4. The van der Waals surface area contributed by atoms with E-state index in [1.165, 1.54) is 12.1 Å². The predicted molar refractivity (Wildman–Crippen MR) is 97.8 cm³/mol. The van der Waals surface area contributed by atoms with E-state index in [0.717, 1.165) is 36.6 Å². The van der Waals surface area contributed by atoms with Crippen molar-refractivity contribution in [3.63, 3.8) is 0 Å². The van der Waals surface area contributed by atoms with Gasteiger partial charge < -0.3 is 4.90 Å². The second-order valence-corrected chi connectivity index (χ2v) is 6.92. The summed E-state index contributed by atoms with van der Waals surface area (Å²) >= 11 is 0. The second kappa shape index (κ2) is 7.50. The number of hydrogen-bond donors (Lipinski definition) is 0. The predicted octanol–water partition coefficient (Wildman–Crippen LogP) is 4.31. The van der Waals surface area contributed by atoms with E-state index in [1.807, 2.05) is 6.20 Å². The van der Waals surface area contributed by atoms with E-state index in [2.05, 4.69) is 5.10 Å². The molecule has 144 valence electrons. The van der Waals surface area contributed by atoms with Crippen molar-refractivity contribution in [3.05, 3.63) is 83.4 Å². The summed E-state index contributed by atoms with van der Waals surface area (Å²) in [6.45, 7) is 0.986. The van der Waals surface area contributed by atoms with Crippen LogP contribution in [0.1, 0.15) is 34.7 Å². The summed E-state index contributed by atoms with van der Waals surface area (Å²) in [4.78, 5) is 14.1. The van der Waals surface area contributed by atoms with E-state index < -0.39 is 11.6 Å². The SMILES string of the molecule is O=C(c1cc(F)cc(F)c1)N1CCC(c2cnn(-c3cccc(F)c3)c2)CC1. The topological polar surface area (TPSA) is 38.1 Å². The van der Waals surface area contributed by atoms with Crippen LogP contribution in [0.5, 0.6) is 0 Å². The summed E-state index contributed by atoms with van der Waals surface area (Å²) in [7, 11) is 0. The van der Waals surface area contributed by atoms with Crippen LogP contribution >= 0.6 is 0 Å². The molecule has 3 aromatic rings. The van der Waals surface area contributed by atoms with Crippen LogP contribution < -0.4 is 0 Å². The average molecular weight is 385 g/mol. The number of carbonyl (C=O) groups is 1. The standard InChI is InChI=1S/C21H18F3N3O/c22-17-2-1-3-20(11-17)27-13-16(12-25-27)14-4-6-26(7-5-14)21(28)15-8-18(23)10-19(24)9-15/h1-3,8-14H,4-7H2. The summed E-state index contributed by atoms with van der Waals surface area (Å²) < 4.78 is 41.8. The summed E-state index contributed by atoms with van der Waals surface area (Å²) in [5.74, 6) is -2.00. The maximum atomic E-state index is 13.4. The number of piperidine rings is 1. The van der Waals surface area contributed by atoms with Gasteiger partial charge in [0.05, 0.1) is 11.9 Å². The molecular formula is C21H18F3N3O. The Morgan fingerprint density at radius 3 is 2.36 bits per heavy atom. The number of carbonyl (C=O) groups excluding carboxylic acids is 1. The first kappa shape index (κ1) is 18.3. The first-order valence-electron chi connectivity index (χ1n) is 9.05. The molecule has 4 rings (SSSR count). The molecule has 0 spiro atoms. The first-order valence-corrected chi connectivity index (χ1v) is 9.05. The molecule has 0 saturated carbocycles. The number of hydrogen-bond acceptors (Lipinski definition) is 2. The fraction of sp³-hybridized carbons (Fsp3) is 0.238. The third-order valence-electron chi connectivity index (χ3n) is 5.04. The summed E-state index contributed by atoms with van der Waals surface area (Å²) in [6.07, 6.45) is 5.07. The van der Waals surface area contributed by atoms with Crippen LogP contribution in [-0.2, 0) is 0 Å². The highest BCUT2D eigenvalue weighted by molar-refractivity contribution is 5.94. The third-order valence-corrected chi connectivity index (χ3v) is 5.04. The van der Waals surface area contributed by atoms with Gasteiger partial charge in [-0.2, -0.15) is 5.10 Å². The molecule has 28 heavy (non-hydrogen) atoms. The normalized spacial score (nSPS) is 15.0. The zero-order valence-corrected chi connectivity index (χ0v) is 15.0. The largest absolute Gasteiger partial charge is 0.339 e. The number of rotatable bonds is 3. The Labute approximate surface area is 160 Å². The minimum absolute atomic E-state index is 0.0230. The summed E-state index contributed by atoms with van der Waals surface area (Å²) in [5, 5.41) is 4.31. The highest BCUT2D eigenvalue weighted by Crippen LogP contribution is 2.29. The van der Waals surface area contributed by atoms with Gasteiger partial charge in [0, 0.05) is 30.9 Å². The second-order valence-electron chi connectivity index (χ2n) is 6.92. The Bertz CT molecular complexity index is 989. The number of aromatic nitrogens is 2. The molecule has 1 aliphatic rings. The maximum Gasteiger partial charge on any atom is 0.254 e. The number of amides is 1. The molecule has 1 aromatic heterocycles. The molecule has 0 N–H and O–H groups in total. The van der Waals surface area contributed by atoms with Crippen molar-refractivity contribution in [1.29, 1.82) is 0 Å². The molecule has 1 fully saturated rings. The van der Waals surface area contributed by atoms with Crippen molar-refractivity contribution in [2.75, 3.05) is 13.1 Å². The lowest BCUT2D eigenvalue weighted by atomic mass is 9.91. The molecule has 7 heteroatoms. The van der Waals surface area contributed by atoms with Gasteiger partial charge in [-0.25, -0.2) is 17.9 Å². The van der Waals surface area contributed by atoms with Gasteiger partial charge in [-0.1, -0.05) is 6.07 Å². The Hall–Kier alpha value is -3.09. The van der Waals surface area contributed by atoms with Crippen LogP contribution in [0.3, 0.4) is 0 Å². The van der Waals surface area contributed by atoms with E-state index >= 15 is 0 Å². The number of likely N-dealkylation sites (tertiary alicyclic amines) is 1. The molecule has 2 aromatic carbocycles. The summed E-state index contributed by atoms with van der Waals surface area (Å²) in [5.41, 5.74) is 1.69. The fourth-order valence-electron chi connectivity index (χ4n) is 3.58. The number of benzene rings is 2. The third kappa shape index (κ3) is 3.78. The van der Waals surface area contributed by atoms with Gasteiger partial charge in [0.2, 0.25) is 0 Å². The van der Waals surface area contributed by atoms with Crippen LogP contribution in [-0.4, -0.2) is 33.7 Å². The van der Waals surface area contributed by atoms with Crippen molar-refractivity contribution < 1.29 is 18.0 Å². The smallest absolute Gasteiger partial charge is 0.254 e. The van der Waals surface area contributed by atoms with Gasteiger partial charge in [-0.3, -0.25) is 4.79 Å². The van der Waals surface area contributed by atoms with E-state index in [1.54, 1.807) is 27.9 Å². The molecule has 0 radical (unpaired) electrons. The Kier molecular flexibility index (Phi) is 4.90. The Morgan fingerprint density at radius 1 is 0.964 bits per heavy atom. The van der Waals surface area contributed by atoms with Gasteiger partial charge in [-0.05, 0) is 54.7 Å². The minimum Gasteiger partial charge on any atom is -0.339 e. The zero-order chi connectivity index (χ0) is 19.7. The first-order chi connectivity index (χ1) is 13.5. The number of halogens is 3. The van der Waals surface area contributed by atoms with Crippen molar-refractivity contribution in [1.82, 2.24) is 14.7 Å². The summed E-state index contributed by atoms with van der Waals surface area (Å²) in [6, 6.07) is 9.06.